The van der Waals surface area contributed by atoms with Crippen LogP contribution in [0.1, 0.15) is 38.4 Å². The van der Waals surface area contributed by atoms with Crippen molar-refractivity contribution in [3.63, 3.8) is 0 Å². The summed E-state index contributed by atoms with van der Waals surface area (Å²) in [5.41, 5.74) is 1.01. The summed E-state index contributed by atoms with van der Waals surface area (Å²) in [5.74, 6) is 1.79. The predicted molar refractivity (Wildman–Crippen MR) is 99.0 cm³/mol. The number of aromatic nitrogens is 4. The Balaban J connectivity index is 1.62. The fourth-order valence-corrected chi connectivity index (χ4v) is 4.17. The van der Waals surface area contributed by atoms with Crippen LogP contribution >= 0.6 is 11.3 Å². The lowest BCUT2D eigenvalue weighted by molar-refractivity contribution is 0.268. The van der Waals surface area contributed by atoms with Gasteiger partial charge in [-0.3, -0.25) is 4.90 Å². The monoisotopic (exact) mass is 357 g/mol. The maximum atomic E-state index is 5.74. The van der Waals surface area contributed by atoms with Crippen LogP contribution in [0.15, 0.2) is 24.3 Å². The molecule has 3 aromatic rings. The van der Waals surface area contributed by atoms with Crippen molar-refractivity contribution < 1.29 is 4.74 Å². The molecule has 1 fully saturated rings. The Hall–Kier alpha value is -1.99. The second-order valence-corrected chi connectivity index (χ2v) is 7.29. The molecule has 2 aromatic heterocycles. The van der Waals surface area contributed by atoms with Gasteiger partial charge in [0.2, 0.25) is 4.96 Å². The lowest BCUT2D eigenvalue weighted by atomic mass is 10.2. The highest BCUT2D eigenvalue weighted by molar-refractivity contribution is 7.19. The normalized spacial score (nSPS) is 16.2. The number of hydrogen-bond acceptors (Lipinski definition) is 6. The molecule has 0 bridgehead atoms. The number of ether oxygens (including phenoxy) is 1. The van der Waals surface area contributed by atoms with Crippen molar-refractivity contribution in [3.8, 4) is 16.3 Å². The van der Waals surface area contributed by atoms with Gasteiger partial charge in [0.1, 0.15) is 5.75 Å². The number of hydrogen-bond donors (Lipinski definition) is 0. The molecular formula is C18H23N5OS. The molecule has 1 aliphatic rings. The Morgan fingerprint density at radius 2 is 1.88 bits per heavy atom. The molecule has 0 amide bonds. The van der Waals surface area contributed by atoms with Gasteiger partial charge in [0.25, 0.3) is 0 Å². The largest absolute Gasteiger partial charge is 0.493 e. The van der Waals surface area contributed by atoms with Crippen LogP contribution in [-0.4, -0.2) is 44.4 Å². The van der Waals surface area contributed by atoms with Crippen molar-refractivity contribution in [2.45, 2.75) is 39.2 Å². The van der Waals surface area contributed by atoms with Crippen molar-refractivity contribution in [2.75, 3.05) is 19.7 Å². The van der Waals surface area contributed by atoms with Crippen LogP contribution in [0.5, 0.6) is 5.75 Å². The summed E-state index contributed by atoms with van der Waals surface area (Å²) in [5, 5.41) is 14.4. The second kappa shape index (κ2) is 7.49. The molecule has 0 aliphatic carbocycles. The zero-order valence-corrected chi connectivity index (χ0v) is 15.3. The topological polar surface area (TPSA) is 55.6 Å². The molecule has 1 aromatic carbocycles. The van der Waals surface area contributed by atoms with Crippen LogP contribution < -0.4 is 4.74 Å². The molecule has 0 radical (unpaired) electrons. The van der Waals surface area contributed by atoms with Crippen LogP contribution in [-0.2, 0) is 6.54 Å². The number of para-hydroxylation sites is 1. The van der Waals surface area contributed by atoms with Gasteiger partial charge < -0.3 is 4.74 Å². The molecule has 1 saturated heterocycles. The van der Waals surface area contributed by atoms with Crippen LogP contribution in [0.2, 0.25) is 0 Å². The van der Waals surface area contributed by atoms with E-state index in [-0.39, 0.29) is 0 Å². The third-order valence-corrected chi connectivity index (χ3v) is 5.47. The minimum absolute atomic E-state index is 0.640. The molecule has 0 unspecified atom stereocenters. The van der Waals surface area contributed by atoms with Crippen LogP contribution in [0.4, 0.5) is 0 Å². The van der Waals surface area contributed by atoms with Crippen molar-refractivity contribution in [1.82, 2.24) is 24.7 Å². The minimum Gasteiger partial charge on any atom is -0.493 e. The average Bonchev–Trinajstić information content (AvgIpc) is 3.09. The van der Waals surface area contributed by atoms with Gasteiger partial charge in [-0.25, -0.2) is 0 Å². The minimum atomic E-state index is 0.640. The lowest BCUT2D eigenvalue weighted by Crippen LogP contribution is -2.25. The molecule has 6 nitrogen and oxygen atoms in total. The Morgan fingerprint density at radius 3 is 2.68 bits per heavy atom. The molecule has 3 heterocycles. The number of likely N-dealkylation sites (tertiary alicyclic amines) is 1. The summed E-state index contributed by atoms with van der Waals surface area (Å²) in [4.78, 5) is 3.31. The quantitative estimate of drug-likeness (QED) is 0.698. The zero-order valence-electron chi connectivity index (χ0n) is 14.5. The van der Waals surface area contributed by atoms with Crippen LogP contribution in [0, 0.1) is 0 Å². The highest BCUT2D eigenvalue weighted by atomic mass is 32.1. The van der Waals surface area contributed by atoms with E-state index in [2.05, 4.69) is 15.1 Å². The number of benzene rings is 1. The maximum absolute atomic E-state index is 5.74. The van der Waals surface area contributed by atoms with Gasteiger partial charge in [0, 0.05) is 0 Å². The predicted octanol–water partition coefficient (Wildman–Crippen LogP) is 3.63. The van der Waals surface area contributed by atoms with E-state index in [1.54, 1.807) is 11.3 Å². The van der Waals surface area contributed by atoms with Gasteiger partial charge in [-0.15, -0.1) is 10.2 Å². The van der Waals surface area contributed by atoms with Gasteiger partial charge in [0.15, 0.2) is 10.8 Å². The molecular weight excluding hydrogens is 334 g/mol. The Morgan fingerprint density at radius 1 is 1.08 bits per heavy atom. The van der Waals surface area contributed by atoms with Gasteiger partial charge >= 0.3 is 0 Å². The van der Waals surface area contributed by atoms with Crippen molar-refractivity contribution in [3.05, 3.63) is 30.1 Å². The van der Waals surface area contributed by atoms with Gasteiger partial charge in [-0.05, 0) is 45.0 Å². The third-order valence-electron chi connectivity index (χ3n) is 4.54. The molecule has 7 heteroatoms. The summed E-state index contributed by atoms with van der Waals surface area (Å²) >= 11 is 1.56. The molecule has 1 aliphatic heterocycles. The van der Waals surface area contributed by atoms with E-state index in [1.165, 1.54) is 25.7 Å². The standard InChI is InChI=1S/C18H23N5OS/c1-2-24-15-10-6-5-9-14(15)17-21-23-16(19-20-18(23)25-17)13-22-11-7-3-4-8-12-22/h5-6,9-10H,2-4,7-8,11-13H2,1H3. The van der Waals surface area contributed by atoms with E-state index in [4.69, 9.17) is 9.84 Å². The molecule has 4 rings (SSSR count). The number of fused-ring (bicyclic) bond motifs is 1. The first-order valence-corrected chi connectivity index (χ1v) is 9.82. The summed E-state index contributed by atoms with van der Waals surface area (Å²) < 4.78 is 7.64. The SMILES string of the molecule is CCOc1ccccc1-c1nn2c(CN3CCCCCC3)nnc2s1. The van der Waals surface area contributed by atoms with E-state index in [0.29, 0.717) is 6.61 Å². The summed E-state index contributed by atoms with van der Waals surface area (Å²) in [6, 6.07) is 8.03. The fourth-order valence-electron chi connectivity index (χ4n) is 3.28. The Labute approximate surface area is 151 Å². The van der Waals surface area contributed by atoms with Crippen molar-refractivity contribution in [1.29, 1.82) is 0 Å². The third kappa shape index (κ3) is 3.52. The van der Waals surface area contributed by atoms with E-state index >= 15 is 0 Å². The zero-order chi connectivity index (χ0) is 17.1. The summed E-state index contributed by atoms with van der Waals surface area (Å²) in [7, 11) is 0. The number of nitrogens with zero attached hydrogens (tertiary/aromatic N) is 5. The molecule has 132 valence electrons. The van der Waals surface area contributed by atoms with E-state index in [0.717, 1.165) is 46.7 Å². The van der Waals surface area contributed by atoms with Crippen LogP contribution in [0.3, 0.4) is 0 Å². The molecule has 0 atom stereocenters. The molecule has 25 heavy (non-hydrogen) atoms. The van der Waals surface area contributed by atoms with Crippen LogP contribution in [0.25, 0.3) is 15.5 Å². The first kappa shape index (κ1) is 16.5. The van der Waals surface area contributed by atoms with E-state index in [1.807, 2.05) is 35.7 Å². The first-order chi connectivity index (χ1) is 12.3. The van der Waals surface area contributed by atoms with E-state index in [9.17, 15) is 0 Å². The molecule has 0 spiro atoms. The smallest absolute Gasteiger partial charge is 0.235 e. The fraction of sp³-hybridized carbons (Fsp3) is 0.500. The number of rotatable bonds is 5. The van der Waals surface area contributed by atoms with Gasteiger partial charge in [-0.1, -0.05) is 36.3 Å². The molecule has 0 saturated carbocycles. The Bertz CT molecular complexity index is 835. The Kier molecular flexibility index (Phi) is 4.94. The molecule has 0 N–H and O–H groups in total. The maximum Gasteiger partial charge on any atom is 0.235 e. The average molecular weight is 357 g/mol. The highest BCUT2D eigenvalue weighted by Crippen LogP contribution is 2.33. The van der Waals surface area contributed by atoms with Gasteiger partial charge in [0.05, 0.1) is 18.7 Å². The lowest BCUT2D eigenvalue weighted by Gasteiger charge is -2.17. The summed E-state index contributed by atoms with van der Waals surface area (Å²) in [6.45, 7) is 5.73. The summed E-state index contributed by atoms with van der Waals surface area (Å²) in [6.07, 6.45) is 5.21. The van der Waals surface area contributed by atoms with Gasteiger partial charge in [-0.2, -0.15) is 9.61 Å². The highest BCUT2D eigenvalue weighted by Gasteiger charge is 2.18. The second-order valence-electron chi connectivity index (χ2n) is 6.34. The first-order valence-electron chi connectivity index (χ1n) is 9.01. The van der Waals surface area contributed by atoms with Crippen molar-refractivity contribution >= 4 is 16.3 Å². The van der Waals surface area contributed by atoms with E-state index < -0.39 is 0 Å². The van der Waals surface area contributed by atoms with Crippen molar-refractivity contribution in [2.24, 2.45) is 0 Å².